The van der Waals surface area contributed by atoms with E-state index in [2.05, 4.69) is 20.8 Å². The van der Waals surface area contributed by atoms with Crippen LogP contribution >= 0.6 is 0 Å². The van der Waals surface area contributed by atoms with Crippen LogP contribution in [0.4, 0.5) is 5.69 Å². The van der Waals surface area contributed by atoms with Crippen LogP contribution in [0.2, 0.25) is 18.1 Å². The highest BCUT2D eigenvalue weighted by Crippen LogP contribution is 2.37. The van der Waals surface area contributed by atoms with E-state index in [4.69, 9.17) is 4.43 Å². The number of aliphatic carboxylic acids is 1. The van der Waals surface area contributed by atoms with Gasteiger partial charge in [0.25, 0.3) is 15.7 Å². The van der Waals surface area contributed by atoms with Gasteiger partial charge < -0.3 is 14.4 Å². The maximum absolute atomic E-state index is 14.1. The molecule has 11 nitrogen and oxygen atoms in total. The summed E-state index contributed by atoms with van der Waals surface area (Å²) in [6.45, 7) is 9.88. The lowest BCUT2D eigenvalue weighted by atomic mass is 9.99. The molecule has 1 amide bonds. The van der Waals surface area contributed by atoms with Crippen molar-refractivity contribution in [3.05, 3.63) is 82.4 Å². The van der Waals surface area contributed by atoms with Gasteiger partial charge in [-0.2, -0.15) is 4.31 Å². The van der Waals surface area contributed by atoms with Gasteiger partial charge in [-0.15, -0.1) is 0 Å². The van der Waals surface area contributed by atoms with Crippen LogP contribution in [-0.4, -0.2) is 79.6 Å². The monoisotopic (exact) mass is 641 g/mol. The number of para-hydroxylation sites is 1. The number of amides is 1. The van der Waals surface area contributed by atoms with Gasteiger partial charge in [0.05, 0.1) is 4.92 Å². The second kappa shape index (κ2) is 12.8. The van der Waals surface area contributed by atoms with E-state index >= 15 is 0 Å². The number of carbonyl (C=O) groups is 2. The van der Waals surface area contributed by atoms with E-state index in [1.54, 1.807) is 0 Å². The number of rotatable bonds is 11. The molecule has 0 aliphatic carbocycles. The van der Waals surface area contributed by atoms with Crippen molar-refractivity contribution in [2.45, 2.75) is 68.7 Å². The summed E-state index contributed by atoms with van der Waals surface area (Å²) in [5.74, 6) is -1.89. The number of hydrogen-bond donors (Lipinski definition) is 1. The molecule has 1 fully saturated rings. The highest BCUT2D eigenvalue weighted by Gasteiger charge is 2.47. The normalized spacial score (nSPS) is 17.5. The summed E-state index contributed by atoms with van der Waals surface area (Å²) in [5.41, 5.74) is 0.120. The highest BCUT2D eigenvalue weighted by molar-refractivity contribution is 7.89. The predicted octanol–water partition coefficient (Wildman–Crippen LogP) is 5.06. The van der Waals surface area contributed by atoms with E-state index in [0.717, 1.165) is 32.8 Å². The van der Waals surface area contributed by atoms with E-state index in [-0.39, 0.29) is 37.6 Å². The number of nitro benzene ring substituents is 1. The Kier molecular flexibility index (Phi) is 9.64. The Labute approximate surface area is 258 Å². The van der Waals surface area contributed by atoms with Gasteiger partial charge in [-0.25, -0.2) is 13.2 Å². The summed E-state index contributed by atoms with van der Waals surface area (Å²) in [7, 11) is -6.79. The molecule has 1 aliphatic heterocycles. The molecule has 2 atom stereocenters. The fraction of sp³-hybridized carbons (Fsp3) is 0.419. The second-order valence-corrected chi connectivity index (χ2v) is 19.2. The summed E-state index contributed by atoms with van der Waals surface area (Å²) in [5, 5.41) is 23.8. The molecule has 13 heteroatoms. The topological polar surface area (TPSA) is 147 Å². The number of piperazine rings is 1. The first-order chi connectivity index (χ1) is 20.5. The van der Waals surface area contributed by atoms with Crippen LogP contribution in [0.3, 0.4) is 0 Å². The van der Waals surface area contributed by atoms with Crippen LogP contribution < -0.4 is 0 Å². The molecular weight excluding hydrogens is 603 g/mol. The summed E-state index contributed by atoms with van der Waals surface area (Å²) >= 11 is 0. The van der Waals surface area contributed by atoms with Crippen molar-refractivity contribution < 1.29 is 32.5 Å². The molecule has 44 heavy (non-hydrogen) atoms. The maximum Gasteiger partial charge on any atom is 0.326 e. The third kappa shape index (κ3) is 6.85. The van der Waals surface area contributed by atoms with Crippen molar-refractivity contribution >= 4 is 46.7 Å². The van der Waals surface area contributed by atoms with Crippen molar-refractivity contribution in [3.63, 3.8) is 0 Å². The van der Waals surface area contributed by atoms with Crippen molar-refractivity contribution in [2.75, 3.05) is 19.7 Å². The third-order valence-corrected chi connectivity index (χ3v) is 15.2. The second-order valence-electron chi connectivity index (χ2n) is 12.5. The number of carboxylic acid groups (broad SMARTS) is 1. The highest BCUT2D eigenvalue weighted by atomic mass is 32.2. The molecule has 0 aromatic heterocycles. The predicted molar refractivity (Wildman–Crippen MR) is 169 cm³/mol. The standard InChI is InChI=1S/C31H39N3O8SSi/c1-31(2,3)44(4,5)42-19-16-26-29(35)32(17-18-33(26)43(40,41)28-13-9-8-12-25(28)34(38)39)27(30(36)37)21-22-14-15-23-10-6-7-11-24(23)20-22/h6-15,20,26-27H,16-19,21H2,1-5H3,(H,36,37). The molecule has 1 aliphatic rings. The van der Waals surface area contributed by atoms with Crippen LogP contribution in [0, 0.1) is 10.1 Å². The van der Waals surface area contributed by atoms with Gasteiger partial charge in [0, 0.05) is 32.2 Å². The number of carbonyl (C=O) groups excluding carboxylic acids is 1. The molecule has 4 rings (SSSR count). The minimum absolute atomic E-state index is 0.0238. The number of benzene rings is 3. The van der Waals surface area contributed by atoms with Gasteiger partial charge in [0.2, 0.25) is 5.91 Å². The van der Waals surface area contributed by atoms with E-state index in [1.165, 1.54) is 17.0 Å². The Morgan fingerprint density at radius 1 is 1.07 bits per heavy atom. The Bertz CT molecular complexity index is 1670. The van der Waals surface area contributed by atoms with E-state index in [1.807, 2.05) is 55.6 Å². The molecule has 3 aromatic carbocycles. The van der Waals surface area contributed by atoms with E-state index < -0.39 is 57.8 Å². The zero-order valence-corrected chi connectivity index (χ0v) is 27.4. The van der Waals surface area contributed by atoms with Gasteiger partial charge in [-0.3, -0.25) is 14.9 Å². The largest absolute Gasteiger partial charge is 0.480 e. The fourth-order valence-corrected chi connectivity index (χ4v) is 7.99. The molecule has 0 spiro atoms. The Hall–Kier alpha value is -3.65. The Morgan fingerprint density at radius 3 is 2.34 bits per heavy atom. The Morgan fingerprint density at radius 2 is 1.70 bits per heavy atom. The zero-order valence-electron chi connectivity index (χ0n) is 25.6. The average molecular weight is 642 g/mol. The van der Waals surface area contributed by atoms with Gasteiger partial charge in [-0.1, -0.05) is 75.4 Å². The summed E-state index contributed by atoms with van der Waals surface area (Å²) in [6, 6.07) is 15.7. The molecular formula is C31H39N3O8SSi. The van der Waals surface area contributed by atoms with Crippen molar-refractivity contribution in [1.29, 1.82) is 0 Å². The van der Waals surface area contributed by atoms with Crippen LogP contribution in [0.25, 0.3) is 10.8 Å². The van der Waals surface area contributed by atoms with Crippen LogP contribution in [0.15, 0.2) is 71.6 Å². The molecule has 2 unspecified atom stereocenters. The summed E-state index contributed by atoms with van der Waals surface area (Å²) < 4.78 is 35.1. The molecule has 0 radical (unpaired) electrons. The molecule has 1 saturated heterocycles. The summed E-state index contributed by atoms with van der Waals surface area (Å²) in [6.07, 6.45) is -0.0139. The van der Waals surface area contributed by atoms with Crippen molar-refractivity contribution in [3.8, 4) is 0 Å². The number of nitro groups is 1. The average Bonchev–Trinajstić information content (AvgIpc) is 2.96. The lowest BCUT2D eigenvalue weighted by molar-refractivity contribution is -0.387. The SMILES string of the molecule is CC(C)(C)[Si](C)(C)OCCC1C(=O)N(C(Cc2ccc3ccccc3c2)C(=O)O)CCN1S(=O)(=O)c1ccccc1[N+](=O)[O-]. The van der Waals surface area contributed by atoms with Gasteiger partial charge in [0.1, 0.15) is 12.1 Å². The fourth-order valence-electron chi connectivity index (χ4n) is 5.17. The first-order valence-electron chi connectivity index (χ1n) is 14.4. The van der Waals surface area contributed by atoms with Crippen LogP contribution in [0.5, 0.6) is 0 Å². The molecule has 236 valence electrons. The molecule has 3 aromatic rings. The molecule has 1 heterocycles. The summed E-state index contributed by atoms with van der Waals surface area (Å²) in [4.78, 5) is 38.3. The molecule has 0 saturated carbocycles. The number of fused-ring (bicyclic) bond motifs is 1. The third-order valence-electron chi connectivity index (χ3n) is 8.69. The minimum Gasteiger partial charge on any atom is -0.480 e. The van der Waals surface area contributed by atoms with Crippen molar-refractivity contribution in [1.82, 2.24) is 9.21 Å². The quantitative estimate of drug-likeness (QED) is 0.174. The lowest BCUT2D eigenvalue weighted by Gasteiger charge is -2.42. The van der Waals surface area contributed by atoms with Gasteiger partial charge in [-0.05, 0) is 47.0 Å². The lowest BCUT2D eigenvalue weighted by Crippen LogP contribution is -2.62. The van der Waals surface area contributed by atoms with Gasteiger partial charge >= 0.3 is 5.97 Å². The zero-order chi connectivity index (χ0) is 32.4. The Balaban J connectivity index is 1.68. The first kappa shape index (κ1) is 33.2. The van der Waals surface area contributed by atoms with Crippen LogP contribution in [0.1, 0.15) is 32.8 Å². The van der Waals surface area contributed by atoms with Crippen LogP contribution in [-0.2, 0) is 30.5 Å². The van der Waals surface area contributed by atoms with Gasteiger partial charge in [0.15, 0.2) is 13.2 Å². The number of hydrogen-bond acceptors (Lipinski definition) is 7. The molecule has 0 bridgehead atoms. The number of nitrogens with zero attached hydrogens (tertiary/aromatic N) is 3. The smallest absolute Gasteiger partial charge is 0.326 e. The number of carboxylic acids is 1. The maximum atomic E-state index is 14.1. The molecule has 1 N–H and O–H groups in total. The van der Waals surface area contributed by atoms with Crippen molar-refractivity contribution in [2.24, 2.45) is 0 Å². The first-order valence-corrected chi connectivity index (χ1v) is 18.8. The van der Waals surface area contributed by atoms with E-state index in [0.29, 0.717) is 0 Å². The van der Waals surface area contributed by atoms with E-state index in [9.17, 15) is 33.2 Å². The minimum atomic E-state index is -4.51. The number of sulfonamides is 1.